The van der Waals surface area contributed by atoms with Gasteiger partial charge in [0.2, 0.25) is 9.84 Å². The average Bonchev–Trinajstić information content (AvgIpc) is 2.74. The van der Waals surface area contributed by atoms with Crippen molar-refractivity contribution < 1.29 is 35.9 Å². The summed E-state index contributed by atoms with van der Waals surface area (Å²) in [6.07, 6.45) is 0. The van der Waals surface area contributed by atoms with Crippen LogP contribution < -0.4 is 4.74 Å². The lowest BCUT2D eigenvalue weighted by atomic mass is 10.0. The summed E-state index contributed by atoms with van der Waals surface area (Å²) in [5.74, 6) is -5.10. The number of sulfone groups is 1. The molecule has 154 valence electrons. The van der Waals surface area contributed by atoms with Crippen LogP contribution in [-0.4, -0.2) is 25.9 Å². The van der Waals surface area contributed by atoms with Crippen LogP contribution in [0, 0.1) is 5.82 Å². The fraction of sp³-hybridized carbons (Fsp3) is 0.0476. The molecule has 9 heteroatoms. The Bertz CT molecular complexity index is 1170. The normalized spacial score (nSPS) is 11.3. The second-order valence-corrected chi connectivity index (χ2v) is 8.00. The minimum absolute atomic E-state index is 0.0466. The van der Waals surface area contributed by atoms with Crippen molar-refractivity contribution in [3.05, 3.63) is 95.3 Å². The van der Waals surface area contributed by atoms with Crippen LogP contribution in [0.5, 0.6) is 5.75 Å². The van der Waals surface area contributed by atoms with E-state index < -0.39 is 32.3 Å². The summed E-state index contributed by atoms with van der Waals surface area (Å²) < 4.78 is 66.0. The van der Waals surface area contributed by atoms with Crippen molar-refractivity contribution in [2.75, 3.05) is 0 Å². The zero-order chi connectivity index (χ0) is 21.9. The summed E-state index contributed by atoms with van der Waals surface area (Å²) in [5, 5.41) is 0. The highest BCUT2D eigenvalue weighted by Crippen LogP contribution is 2.20. The number of carbonyl (C=O) groups excluding carboxylic acids is 2. The molecule has 0 aliphatic rings. The zero-order valence-corrected chi connectivity index (χ0v) is 15.9. The largest absolute Gasteiger partial charge is 0.423 e. The SMILES string of the molecule is O=C(Oc1ccc(C(=O)c2ccc(F)cc2)cc1)c1ccc(S(=O)(=O)C(F)F)cc1. The number of hydrogen-bond acceptors (Lipinski definition) is 5. The first kappa shape index (κ1) is 21.3. The Balaban J connectivity index is 1.70. The number of halogens is 3. The van der Waals surface area contributed by atoms with Crippen LogP contribution in [0.15, 0.2) is 77.7 Å². The number of esters is 1. The summed E-state index contributed by atoms with van der Waals surface area (Å²) in [4.78, 5) is 23.9. The molecule has 0 N–H and O–H groups in total. The Morgan fingerprint density at radius 2 is 1.20 bits per heavy atom. The molecule has 0 radical (unpaired) electrons. The summed E-state index contributed by atoms with van der Waals surface area (Å²) in [6.45, 7) is 0. The molecule has 0 saturated heterocycles. The molecule has 3 aromatic carbocycles. The fourth-order valence-corrected chi connectivity index (χ4v) is 3.21. The third kappa shape index (κ3) is 4.57. The van der Waals surface area contributed by atoms with E-state index in [1.807, 2.05) is 0 Å². The van der Waals surface area contributed by atoms with E-state index in [2.05, 4.69) is 0 Å². The Hall–Kier alpha value is -3.46. The van der Waals surface area contributed by atoms with Crippen LogP contribution in [0.3, 0.4) is 0 Å². The van der Waals surface area contributed by atoms with Gasteiger partial charge >= 0.3 is 11.7 Å². The summed E-state index contributed by atoms with van der Waals surface area (Å²) in [5.41, 5.74) is 0.539. The third-order valence-electron chi connectivity index (χ3n) is 4.09. The van der Waals surface area contributed by atoms with Crippen molar-refractivity contribution in [3.8, 4) is 5.75 Å². The molecule has 0 saturated carbocycles. The molecule has 0 aliphatic heterocycles. The maximum atomic E-state index is 13.0. The molecule has 0 spiro atoms. The lowest BCUT2D eigenvalue weighted by Gasteiger charge is -2.07. The Morgan fingerprint density at radius 3 is 1.70 bits per heavy atom. The minimum Gasteiger partial charge on any atom is -0.423 e. The van der Waals surface area contributed by atoms with Gasteiger partial charge in [0.15, 0.2) is 5.78 Å². The molecular weight excluding hydrogens is 421 g/mol. The molecule has 0 bridgehead atoms. The van der Waals surface area contributed by atoms with E-state index in [0.29, 0.717) is 11.1 Å². The van der Waals surface area contributed by atoms with Gasteiger partial charge in [-0.25, -0.2) is 17.6 Å². The fourth-order valence-electron chi connectivity index (χ4n) is 2.49. The maximum Gasteiger partial charge on any atom is 0.343 e. The highest BCUT2D eigenvalue weighted by Gasteiger charge is 2.26. The quantitative estimate of drug-likeness (QED) is 0.329. The van der Waals surface area contributed by atoms with Crippen molar-refractivity contribution in [2.45, 2.75) is 10.7 Å². The summed E-state index contributed by atoms with van der Waals surface area (Å²) in [7, 11) is -4.75. The van der Waals surface area contributed by atoms with Crippen LogP contribution in [0.1, 0.15) is 26.3 Å². The van der Waals surface area contributed by atoms with Crippen molar-refractivity contribution in [1.82, 2.24) is 0 Å². The van der Waals surface area contributed by atoms with Crippen LogP contribution in [0.2, 0.25) is 0 Å². The van der Waals surface area contributed by atoms with E-state index in [1.165, 1.54) is 48.5 Å². The Morgan fingerprint density at radius 1 is 0.733 bits per heavy atom. The smallest absolute Gasteiger partial charge is 0.343 e. The van der Waals surface area contributed by atoms with Crippen molar-refractivity contribution in [1.29, 1.82) is 0 Å². The zero-order valence-electron chi connectivity index (χ0n) is 15.1. The van der Waals surface area contributed by atoms with Crippen molar-refractivity contribution in [3.63, 3.8) is 0 Å². The number of ether oxygens (including phenoxy) is 1. The first-order valence-corrected chi connectivity index (χ1v) is 9.98. The molecule has 0 amide bonds. The number of alkyl halides is 2. The first-order valence-electron chi connectivity index (χ1n) is 8.43. The van der Waals surface area contributed by atoms with Gasteiger partial charge in [0.1, 0.15) is 11.6 Å². The van der Waals surface area contributed by atoms with Gasteiger partial charge in [0.05, 0.1) is 10.5 Å². The molecule has 0 heterocycles. The topological polar surface area (TPSA) is 77.5 Å². The molecule has 0 aliphatic carbocycles. The number of ketones is 1. The van der Waals surface area contributed by atoms with E-state index in [9.17, 15) is 31.2 Å². The number of rotatable bonds is 6. The van der Waals surface area contributed by atoms with Gasteiger partial charge < -0.3 is 4.74 Å². The molecule has 0 aromatic heterocycles. The molecule has 3 rings (SSSR count). The van der Waals surface area contributed by atoms with Crippen LogP contribution in [0.4, 0.5) is 13.2 Å². The third-order valence-corrected chi connectivity index (χ3v) is 5.48. The van der Waals surface area contributed by atoms with Gasteiger partial charge in [-0.2, -0.15) is 8.78 Å². The summed E-state index contributed by atoms with van der Waals surface area (Å²) in [6, 6.07) is 14.5. The predicted molar refractivity (Wildman–Crippen MR) is 101 cm³/mol. The van der Waals surface area contributed by atoms with E-state index in [-0.39, 0.29) is 17.1 Å². The first-order chi connectivity index (χ1) is 14.2. The van der Waals surface area contributed by atoms with E-state index in [0.717, 1.165) is 24.3 Å². The predicted octanol–water partition coefficient (Wildman–Crippen LogP) is 4.27. The monoisotopic (exact) mass is 434 g/mol. The van der Waals surface area contributed by atoms with E-state index in [1.54, 1.807) is 0 Å². The molecule has 0 atom stereocenters. The van der Waals surface area contributed by atoms with Crippen LogP contribution >= 0.6 is 0 Å². The van der Waals surface area contributed by atoms with Gasteiger partial charge in [0.25, 0.3) is 0 Å². The van der Waals surface area contributed by atoms with Crippen molar-refractivity contribution in [2.24, 2.45) is 0 Å². The van der Waals surface area contributed by atoms with E-state index >= 15 is 0 Å². The maximum absolute atomic E-state index is 13.0. The molecule has 5 nitrogen and oxygen atoms in total. The van der Waals surface area contributed by atoms with Crippen LogP contribution in [-0.2, 0) is 9.84 Å². The van der Waals surface area contributed by atoms with Gasteiger partial charge in [-0.1, -0.05) is 0 Å². The van der Waals surface area contributed by atoms with E-state index in [4.69, 9.17) is 4.74 Å². The second-order valence-electron chi connectivity index (χ2n) is 6.08. The molecule has 0 fully saturated rings. The lowest BCUT2D eigenvalue weighted by Crippen LogP contribution is -2.12. The molecule has 0 unspecified atom stereocenters. The highest BCUT2D eigenvalue weighted by atomic mass is 32.2. The number of hydrogen-bond donors (Lipinski definition) is 0. The van der Waals surface area contributed by atoms with Crippen LogP contribution in [0.25, 0.3) is 0 Å². The number of benzene rings is 3. The minimum atomic E-state index is -4.75. The second kappa shape index (κ2) is 8.50. The lowest BCUT2D eigenvalue weighted by molar-refractivity contribution is 0.0734. The van der Waals surface area contributed by atoms with Gasteiger partial charge in [-0.15, -0.1) is 0 Å². The summed E-state index contributed by atoms with van der Waals surface area (Å²) >= 11 is 0. The standard InChI is InChI=1S/C21H13F3O5S/c22-16-7-1-13(2-8-16)19(25)14-3-9-17(10-4-14)29-20(26)15-5-11-18(12-6-15)30(27,28)21(23)24/h1-12,21H. The highest BCUT2D eigenvalue weighted by molar-refractivity contribution is 7.91. The molecule has 30 heavy (non-hydrogen) atoms. The number of carbonyl (C=O) groups is 2. The van der Waals surface area contributed by atoms with Gasteiger partial charge in [-0.05, 0) is 72.8 Å². The molecule has 3 aromatic rings. The van der Waals surface area contributed by atoms with Crippen molar-refractivity contribution >= 4 is 21.6 Å². The van der Waals surface area contributed by atoms with Gasteiger partial charge in [-0.3, -0.25) is 4.79 Å². The van der Waals surface area contributed by atoms with Gasteiger partial charge in [0, 0.05) is 11.1 Å². The Labute approximate surface area is 169 Å². The molecular formula is C21H13F3O5S. The Kier molecular flexibility index (Phi) is 6.02. The average molecular weight is 434 g/mol.